The van der Waals surface area contributed by atoms with E-state index in [4.69, 9.17) is 14.2 Å². The lowest BCUT2D eigenvalue weighted by molar-refractivity contribution is 0.302. The summed E-state index contributed by atoms with van der Waals surface area (Å²) in [6.45, 7) is 12.7. The van der Waals surface area contributed by atoms with Gasteiger partial charge in [-0.25, -0.2) is 4.39 Å². The molecule has 0 unspecified atom stereocenters. The maximum absolute atomic E-state index is 13.9. The standard InChI is InChI=1S/C30H32FNO3/c1-7-14-34-22-10-13-27(33-6)24(16-22)23-11-12-26-29(20(3)17-30(4,5)32-26)25(23)18-35-28-15-21(31)9-8-19(28)2/h7-13,15-17,32H,1,14,18H2,2-6H3. The minimum Gasteiger partial charge on any atom is -0.496 e. The van der Waals surface area contributed by atoms with Gasteiger partial charge in [0.15, 0.2) is 0 Å². The first-order valence-corrected chi connectivity index (χ1v) is 11.7. The van der Waals surface area contributed by atoms with Gasteiger partial charge in [-0.05, 0) is 74.7 Å². The van der Waals surface area contributed by atoms with Crippen LogP contribution < -0.4 is 19.5 Å². The molecular weight excluding hydrogens is 441 g/mol. The minimum atomic E-state index is -0.325. The van der Waals surface area contributed by atoms with Gasteiger partial charge in [-0.15, -0.1) is 0 Å². The van der Waals surface area contributed by atoms with Crippen LogP contribution in [0.5, 0.6) is 17.2 Å². The van der Waals surface area contributed by atoms with Crippen molar-refractivity contribution in [1.29, 1.82) is 0 Å². The molecule has 1 N–H and O–H groups in total. The summed E-state index contributed by atoms with van der Waals surface area (Å²) in [5, 5.41) is 3.61. The predicted molar refractivity (Wildman–Crippen MR) is 141 cm³/mol. The van der Waals surface area contributed by atoms with E-state index in [0.717, 1.165) is 50.6 Å². The highest BCUT2D eigenvalue weighted by atomic mass is 19.1. The number of fused-ring (bicyclic) bond motifs is 1. The second-order valence-corrected chi connectivity index (χ2v) is 9.35. The molecule has 35 heavy (non-hydrogen) atoms. The van der Waals surface area contributed by atoms with E-state index in [1.165, 1.54) is 12.1 Å². The third-order valence-corrected chi connectivity index (χ3v) is 6.09. The fourth-order valence-electron chi connectivity index (χ4n) is 4.62. The maximum Gasteiger partial charge on any atom is 0.126 e. The zero-order valence-corrected chi connectivity index (χ0v) is 21.0. The number of benzene rings is 3. The van der Waals surface area contributed by atoms with Gasteiger partial charge in [-0.1, -0.05) is 30.9 Å². The summed E-state index contributed by atoms with van der Waals surface area (Å²) < 4.78 is 31.7. The van der Waals surface area contributed by atoms with Crippen LogP contribution in [0, 0.1) is 12.7 Å². The third-order valence-electron chi connectivity index (χ3n) is 6.09. The smallest absolute Gasteiger partial charge is 0.126 e. The summed E-state index contributed by atoms with van der Waals surface area (Å²) in [7, 11) is 1.66. The third kappa shape index (κ3) is 5.19. The molecule has 5 heteroatoms. The second kappa shape index (κ2) is 9.87. The molecule has 4 rings (SSSR count). The molecule has 0 radical (unpaired) electrons. The first kappa shape index (κ1) is 24.4. The number of hydrogen-bond acceptors (Lipinski definition) is 4. The first-order chi connectivity index (χ1) is 16.7. The summed E-state index contributed by atoms with van der Waals surface area (Å²) >= 11 is 0. The lowest BCUT2D eigenvalue weighted by Gasteiger charge is -2.33. The van der Waals surface area contributed by atoms with Crippen molar-refractivity contribution in [3.05, 3.63) is 89.8 Å². The number of anilines is 1. The molecule has 4 nitrogen and oxygen atoms in total. The summed E-state index contributed by atoms with van der Waals surface area (Å²) in [5.41, 5.74) is 6.81. The van der Waals surface area contributed by atoms with Crippen molar-refractivity contribution in [3.63, 3.8) is 0 Å². The number of methoxy groups -OCH3 is 1. The van der Waals surface area contributed by atoms with E-state index in [2.05, 4.69) is 50.9 Å². The average molecular weight is 474 g/mol. The van der Waals surface area contributed by atoms with Gasteiger partial charge in [0.25, 0.3) is 0 Å². The number of rotatable bonds is 8. The summed E-state index contributed by atoms with van der Waals surface area (Å²) in [5.74, 6) is 1.64. The number of nitrogens with one attached hydrogen (secondary N) is 1. The molecule has 0 fully saturated rings. The quantitative estimate of drug-likeness (QED) is 0.343. The van der Waals surface area contributed by atoms with Crippen LogP contribution >= 0.6 is 0 Å². The maximum atomic E-state index is 13.9. The Morgan fingerprint density at radius 2 is 1.77 bits per heavy atom. The van der Waals surface area contributed by atoms with Crippen LogP contribution in [0.3, 0.4) is 0 Å². The van der Waals surface area contributed by atoms with E-state index in [1.807, 2.05) is 25.1 Å². The van der Waals surface area contributed by atoms with E-state index >= 15 is 0 Å². The zero-order chi connectivity index (χ0) is 25.2. The second-order valence-electron chi connectivity index (χ2n) is 9.35. The number of ether oxygens (including phenoxy) is 3. The fourth-order valence-corrected chi connectivity index (χ4v) is 4.62. The van der Waals surface area contributed by atoms with Crippen molar-refractivity contribution in [2.24, 2.45) is 0 Å². The van der Waals surface area contributed by atoms with Crippen molar-refractivity contribution >= 4 is 11.3 Å². The Kier molecular flexibility index (Phi) is 6.88. The molecule has 0 bridgehead atoms. The highest BCUT2D eigenvalue weighted by molar-refractivity contribution is 5.88. The molecular formula is C30H32FNO3. The molecule has 182 valence electrons. The van der Waals surface area contributed by atoms with Gasteiger partial charge >= 0.3 is 0 Å². The fraction of sp³-hybridized carbons (Fsp3) is 0.267. The highest BCUT2D eigenvalue weighted by Crippen LogP contribution is 2.43. The Morgan fingerprint density at radius 1 is 0.971 bits per heavy atom. The monoisotopic (exact) mass is 473 g/mol. The largest absolute Gasteiger partial charge is 0.496 e. The lowest BCUT2D eigenvalue weighted by atomic mass is 9.85. The molecule has 0 saturated heterocycles. The first-order valence-electron chi connectivity index (χ1n) is 11.7. The molecule has 1 heterocycles. The molecule has 3 aromatic rings. The van der Waals surface area contributed by atoms with Crippen LogP contribution in [0.2, 0.25) is 0 Å². The predicted octanol–water partition coefficient (Wildman–Crippen LogP) is 7.56. The van der Waals surface area contributed by atoms with E-state index in [1.54, 1.807) is 19.3 Å². The van der Waals surface area contributed by atoms with Gasteiger partial charge < -0.3 is 19.5 Å². The zero-order valence-electron chi connectivity index (χ0n) is 21.0. The van der Waals surface area contributed by atoms with Gasteiger partial charge in [0.2, 0.25) is 0 Å². The molecule has 3 aromatic carbocycles. The highest BCUT2D eigenvalue weighted by Gasteiger charge is 2.27. The van der Waals surface area contributed by atoms with Crippen LogP contribution in [0.25, 0.3) is 16.7 Å². The molecule has 0 aromatic heterocycles. The van der Waals surface area contributed by atoms with Gasteiger partial charge in [0, 0.05) is 28.4 Å². The van der Waals surface area contributed by atoms with Crippen LogP contribution in [-0.4, -0.2) is 19.3 Å². The van der Waals surface area contributed by atoms with Gasteiger partial charge in [0.05, 0.1) is 12.6 Å². The van der Waals surface area contributed by atoms with Gasteiger partial charge in [-0.3, -0.25) is 0 Å². The molecule has 0 atom stereocenters. The van der Waals surface area contributed by atoms with E-state index in [9.17, 15) is 4.39 Å². The summed E-state index contributed by atoms with van der Waals surface area (Å²) in [6, 6.07) is 14.5. The van der Waals surface area contributed by atoms with E-state index in [0.29, 0.717) is 12.4 Å². The Labute approximate surface area is 207 Å². The Balaban J connectivity index is 1.87. The minimum absolute atomic E-state index is 0.175. The van der Waals surface area contributed by atoms with Gasteiger partial charge in [0.1, 0.15) is 36.3 Å². The Morgan fingerprint density at radius 3 is 2.51 bits per heavy atom. The van der Waals surface area contributed by atoms with E-state index in [-0.39, 0.29) is 18.0 Å². The molecule has 1 aliphatic heterocycles. The Bertz CT molecular complexity index is 1290. The number of halogens is 1. The van der Waals surface area contributed by atoms with Crippen LogP contribution in [0.1, 0.15) is 37.5 Å². The normalized spacial score (nSPS) is 13.8. The van der Waals surface area contributed by atoms with Crippen molar-refractivity contribution in [3.8, 4) is 28.4 Å². The van der Waals surface area contributed by atoms with Crippen molar-refractivity contribution in [2.75, 3.05) is 19.0 Å². The SMILES string of the molecule is C=CCOc1ccc(OC)c(-c2ccc3c(c2COc2cc(F)ccc2C)C(C)=CC(C)(C)N3)c1. The van der Waals surface area contributed by atoms with Crippen LogP contribution in [0.4, 0.5) is 10.1 Å². The summed E-state index contributed by atoms with van der Waals surface area (Å²) in [6.07, 6.45) is 3.93. The molecule has 0 aliphatic carbocycles. The number of aryl methyl sites for hydroxylation is 1. The van der Waals surface area contributed by atoms with Crippen LogP contribution in [0.15, 0.2) is 67.3 Å². The summed E-state index contributed by atoms with van der Waals surface area (Å²) in [4.78, 5) is 0. The van der Waals surface area contributed by atoms with Crippen molar-refractivity contribution in [2.45, 2.75) is 39.8 Å². The van der Waals surface area contributed by atoms with E-state index < -0.39 is 0 Å². The van der Waals surface area contributed by atoms with Gasteiger partial charge in [-0.2, -0.15) is 0 Å². The van der Waals surface area contributed by atoms with Crippen LogP contribution in [-0.2, 0) is 6.61 Å². The molecule has 0 amide bonds. The number of hydrogen-bond donors (Lipinski definition) is 1. The molecule has 1 aliphatic rings. The topological polar surface area (TPSA) is 39.7 Å². The molecule has 0 saturated carbocycles. The molecule has 0 spiro atoms. The number of allylic oxidation sites excluding steroid dienone is 1. The van der Waals surface area contributed by atoms with Crippen molar-refractivity contribution in [1.82, 2.24) is 0 Å². The lowest BCUT2D eigenvalue weighted by Crippen LogP contribution is -2.32. The van der Waals surface area contributed by atoms with Crippen molar-refractivity contribution < 1.29 is 18.6 Å². The Hall–Kier alpha value is -3.73. The average Bonchev–Trinajstić information content (AvgIpc) is 2.82.